The van der Waals surface area contributed by atoms with Gasteiger partial charge in [-0.3, -0.25) is 14.7 Å². The minimum Gasteiger partial charge on any atom is -0.497 e. The van der Waals surface area contributed by atoms with Gasteiger partial charge in [0.15, 0.2) is 0 Å². The number of aromatic amines is 2. The summed E-state index contributed by atoms with van der Waals surface area (Å²) in [6.07, 6.45) is 3.54. The van der Waals surface area contributed by atoms with Crippen LogP contribution in [-0.2, 0) is 29.3 Å². The minimum atomic E-state index is -3.54. The standard InChI is InChI=1S/C18H20N4O4S/c1-26-12-3-4-15-13(7-12)11(8-19-15)9-22-6-5-16-14(10-22)17(23)21-18(20-16)27(2,24)25/h3-4,7-8,19H,5-6,9-10H2,1-2H3,(H,20,21,23). The zero-order chi connectivity index (χ0) is 19.2. The van der Waals surface area contributed by atoms with Gasteiger partial charge >= 0.3 is 0 Å². The van der Waals surface area contributed by atoms with Crippen LogP contribution in [0.1, 0.15) is 16.8 Å². The van der Waals surface area contributed by atoms with E-state index in [0.29, 0.717) is 37.3 Å². The third kappa shape index (κ3) is 3.35. The molecule has 2 aromatic heterocycles. The second-order valence-corrected chi connectivity index (χ2v) is 8.69. The van der Waals surface area contributed by atoms with Crippen molar-refractivity contribution in [2.45, 2.75) is 24.7 Å². The van der Waals surface area contributed by atoms with Crippen molar-refractivity contribution in [2.24, 2.45) is 0 Å². The van der Waals surface area contributed by atoms with Crippen LogP contribution in [0.5, 0.6) is 5.75 Å². The van der Waals surface area contributed by atoms with Crippen molar-refractivity contribution >= 4 is 20.7 Å². The Labute approximate surface area is 156 Å². The summed E-state index contributed by atoms with van der Waals surface area (Å²) in [6.45, 7) is 1.79. The molecule has 0 atom stereocenters. The first-order valence-corrected chi connectivity index (χ1v) is 10.4. The Morgan fingerprint density at radius 1 is 1.33 bits per heavy atom. The number of aromatic nitrogens is 3. The monoisotopic (exact) mass is 388 g/mol. The van der Waals surface area contributed by atoms with Gasteiger partial charge in [-0.05, 0) is 23.8 Å². The van der Waals surface area contributed by atoms with Gasteiger partial charge in [0.05, 0.1) is 18.4 Å². The van der Waals surface area contributed by atoms with E-state index in [9.17, 15) is 13.2 Å². The van der Waals surface area contributed by atoms with Crippen molar-refractivity contribution in [3.8, 4) is 5.75 Å². The number of nitrogens with zero attached hydrogens (tertiary/aromatic N) is 2. The molecule has 4 rings (SSSR count). The molecular weight excluding hydrogens is 368 g/mol. The van der Waals surface area contributed by atoms with E-state index in [1.165, 1.54) is 0 Å². The van der Waals surface area contributed by atoms with Gasteiger partial charge in [0.2, 0.25) is 15.0 Å². The molecule has 142 valence electrons. The summed E-state index contributed by atoms with van der Waals surface area (Å²) in [5.74, 6) is 0.793. The third-order valence-electron chi connectivity index (χ3n) is 4.85. The summed E-state index contributed by atoms with van der Waals surface area (Å²) in [5, 5.41) is 0.822. The Morgan fingerprint density at radius 2 is 2.15 bits per heavy atom. The van der Waals surface area contributed by atoms with Crippen LogP contribution in [0.4, 0.5) is 0 Å². The third-order valence-corrected chi connectivity index (χ3v) is 5.74. The average Bonchev–Trinajstić information content (AvgIpc) is 3.03. The van der Waals surface area contributed by atoms with E-state index in [0.717, 1.165) is 28.5 Å². The fraction of sp³-hybridized carbons (Fsp3) is 0.333. The largest absolute Gasteiger partial charge is 0.497 e. The maximum absolute atomic E-state index is 12.4. The van der Waals surface area contributed by atoms with Gasteiger partial charge in [-0.1, -0.05) is 0 Å². The zero-order valence-electron chi connectivity index (χ0n) is 15.1. The molecule has 0 radical (unpaired) electrons. The number of fused-ring (bicyclic) bond motifs is 2. The molecular formula is C18H20N4O4S. The number of sulfone groups is 1. The Balaban J connectivity index is 1.62. The molecule has 3 heterocycles. The molecule has 27 heavy (non-hydrogen) atoms. The number of methoxy groups -OCH3 is 1. The van der Waals surface area contributed by atoms with Gasteiger partial charge < -0.3 is 9.72 Å². The maximum atomic E-state index is 12.4. The summed E-state index contributed by atoms with van der Waals surface area (Å²) in [4.78, 5) is 24.3. The van der Waals surface area contributed by atoms with Gasteiger partial charge in [-0.25, -0.2) is 13.4 Å². The normalized spacial score (nSPS) is 15.0. The van der Waals surface area contributed by atoms with Crippen LogP contribution in [0.3, 0.4) is 0 Å². The highest BCUT2D eigenvalue weighted by molar-refractivity contribution is 7.90. The van der Waals surface area contributed by atoms with Crippen LogP contribution >= 0.6 is 0 Å². The van der Waals surface area contributed by atoms with Crippen LogP contribution in [0.2, 0.25) is 0 Å². The van der Waals surface area contributed by atoms with Crippen molar-refractivity contribution in [1.29, 1.82) is 0 Å². The maximum Gasteiger partial charge on any atom is 0.256 e. The molecule has 0 aliphatic carbocycles. The summed E-state index contributed by atoms with van der Waals surface area (Å²) in [5.41, 5.74) is 2.86. The molecule has 1 aliphatic heterocycles. The van der Waals surface area contributed by atoms with Crippen LogP contribution < -0.4 is 10.3 Å². The Hall–Kier alpha value is -2.65. The lowest BCUT2D eigenvalue weighted by molar-refractivity contribution is 0.241. The Bertz CT molecular complexity index is 1180. The molecule has 0 fully saturated rings. The average molecular weight is 388 g/mol. The van der Waals surface area contributed by atoms with Gasteiger partial charge in [-0.2, -0.15) is 0 Å². The van der Waals surface area contributed by atoms with Crippen LogP contribution in [0, 0.1) is 0 Å². The van der Waals surface area contributed by atoms with Crippen molar-refractivity contribution in [3.63, 3.8) is 0 Å². The first-order valence-electron chi connectivity index (χ1n) is 8.53. The van der Waals surface area contributed by atoms with Crippen LogP contribution in [0.15, 0.2) is 34.3 Å². The Kier molecular flexibility index (Phi) is 4.27. The predicted molar refractivity (Wildman–Crippen MR) is 101 cm³/mol. The van der Waals surface area contributed by atoms with Crippen molar-refractivity contribution in [3.05, 3.63) is 51.6 Å². The highest BCUT2D eigenvalue weighted by atomic mass is 32.2. The predicted octanol–water partition coefficient (Wildman–Crippen LogP) is 1.22. The van der Waals surface area contributed by atoms with E-state index < -0.39 is 9.84 Å². The molecule has 0 saturated heterocycles. The molecule has 0 bridgehead atoms. The number of rotatable bonds is 4. The fourth-order valence-electron chi connectivity index (χ4n) is 3.42. The molecule has 1 aliphatic rings. The highest BCUT2D eigenvalue weighted by Crippen LogP contribution is 2.26. The minimum absolute atomic E-state index is 0.261. The second kappa shape index (κ2) is 6.50. The first-order chi connectivity index (χ1) is 12.8. The Morgan fingerprint density at radius 3 is 2.89 bits per heavy atom. The highest BCUT2D eigenvalue weighted by Gasteiger charge is 2.24. The smallest absolute Gasteiger partial charge is 0.256 e. The number of H-pyrrole nitrogens is 2. The molecule has 1 aromatic carbocycles. The van der Waals surface area contributed by atoms with Gasteiger partial charge in [0.1, 0.15) is 5.75 Å². The van der Waals surface area contributed by atoms with Crippen molar-refractivity contribution < 1.29 is 13.2 Å². The van der Waals surface area contributed by atoms with E-state index in [4.69, 9.17) is 4.74 Å². The number of benzene rings is 1. The molecule has 0 amide bonds. The second-order valence-electron chi connectivity index (χ2n) is 6.75. The SMILES string of the molecule is COc1ccc2[nH]cc(CN3CCc4nc(S(C)(=O)=O)[nH]c(=O)c4C3)c2c1. The lowest BCUT2D eigenvalue weighted by atomic mass is 10.1. The zero-order valence-corrected chi connectivity index (χ0v) is 15.9. The number of hydrogen-bond donors (Lipinski definition) is 2. The molecule has 9 heteroatoms. The van der Waals surface area contributed by atoms with Crippen molar-refractivity contribution in [1.82, 2.24) is 19.9 Å². The molecule has 2 N–H and O–H groups in total. The summed E-state index contributed by atoms with van der Waals surface area (Å²) in [7, 11) is -1.90. The lowest BCUT2D eigenvalue weighted by Crippen LogP contribution is -2.36. The van der Waals surface area contributed by atoms with Crippen molar-refractivity contribution in [2.75, 3.05) is 19.9 Å². The molecule has 0 saturated carbocycles. The summed E-state index contributed by atoms with van der Waals surface area (Å²) >= 11 is 0. The summed E-state index contributed by atoms with van der Waals surface area (Å²) < 4.78 is 28.6. The topological polar surface area (TPSA) is 108 Å². The van der Waals surface area contributed by atoms with E-state index in [2.05, 4.69) is 19.9 Å². The molecule has 0 spiro atoms. The molecule has 8 nitrogen and oxygen atoms in total. The van der Waals surface area contributed by atoms with Crippen LogP contribution in [0.25, 0.3) is 10.9 Å². The van der Waals surface area contributed by atoms with E-state index in [1.807, 2.05) is 24.4 Å². The summed E-state index contributed by atoms with van der Waals surface area (Å²) in [6, 6.07) is 5.88. The number of nitrogens with one attached hydrogen (secondary N) is 2. The first kappa shape index (κ1) is 17.7. The van der Waals surface area contributed by atoms with Crippen LogP contribution in [-0.4, -0.2) is 48.2 Å². The fourth-order valence-corrected chi connectivity index (χ4v) is 3.98. The van der Waals surface area contributed by atoms with E-state index in [1.54, 1.807) is 7.11 Å². The lowest BCUT2D eigenvalue weighted by Gasteiger charge is -2.27. The number of hydrogen-bond acceptors (Lipinski definition) is 6. The molecule has 0 unspecified atom stereocenters. The van der Waals surface area contributed by atoms with Gasteiger partial charge in [0.25, 0.3) is 5.56 Å². The number of ether oxygens (including phenoxy) is 1. The van der Waals surface area contributed by atoms with E-state index in [-0.39, 0.29) is 10.7 Å². The molecule has 3 aromatic rings. The van der Waals surface area contributed by atoms with E-state index >= 15 is 0 Å². The quantitative estimate of drug-likeness (QED) is 0.651. The van der Waals surface area contributed by atoms with Gasteiger partial charge in [0, 0.05) is 49.4 Å². The van der Waals surface area contributed by atoms with Gasteiger partial charge in [-0.15, -0.1) is 0 Å².